The number of aromatic amines is 1. The van der Waals surface area contributed by atoms with Crippen LogP contribution in [0.4, 0.5) is 0 Å². The van der Waals surface area contributed by atoms with Crippen molar-refractivity contribution in [2.75, 3.05) is 0 Å². The van der Waals surface area contributed by atoms with E-state index in [1.165, 1.54) is 6.20 Å². The van der Waals surface area contributed by atoms with E-state index >= 15 is 0 Å². The van der Waals surface area contributed by atoms with Gasteiger partial charge in [0, 0.05) is 42.9 Å². The summed E-state index contributed by atoms with van der Waals surface area (Å²) in [6.45, 7) is 0.496. The van der Waals surface area contributed by atoms with E-state index in [1.54, 1.807) is 30.3 Å². The van der Waals surface area contributed by atoms with Gasteiger partial charge in [-0.15, -0.1) is 0 Å². The van der Waals surface area contributed by atoms with Crippen molar-refractivity contribution in [2.24, 2.45) is 5.92 Å². The average molecular weight is 562 g/mol. The highest BCUT2D eigenvalue weighted by Crippen LogP contribution is 2.38. The molecular formula is C28H31N7O6. The Kier molecular flexibility index (Phi) is 8.22. The van der Waals surface area contributed by atoms with Crippen LogP contribution < -0.4 is 16.0 Å². The Hall–Kier alpha value is -4.81. The van der Waals surface area contributed by atoms with Gasteiger partial charge in [-0.25, -0.2) is 0 Å². The fourth-order valence-electron chi connectivity index (χ4n) is 5.61. The number of ketones is 1. The van der Waals surface area contributed by atoms with Crippen molar-refractivity contribution in [2.45, 2.75) is 63.2 Å². The van der Waals surface area contributed by atoms with Gasteiger partial charge in [0.05, 0.1) is 24.6 Å². The standard InChI is InChI=1S/C28H31N7O6/c36-22-12-18(26(39)29-13-19-14-30-34-33-19)15-35-11-10-16-6-7-20(24(22)25(16)35)31-28(41)21(8-9-23(37)38)32-27(40)17-4-2-1-3-5-17/h1-5,10-11,14,18,20-21,24H,6-9,12-13,15H2,(H,29,39)(H,31,41)(H,32,40)(H,37,38)(H,30,33,34)/t18-,20-,21?,24?/m0/s1. The van der Waals surface area contributed by atoms with Crippen LogP contribution in [0.2, 0.25) is 0 Å². The summed E-state index contributed by atoms with van der Waals surface area (Å²) < 4.78 is 1.92. The summed E-state index contributed by atoms with van der Waals surface area (Å²) in [6.07, 6.45) is 4.05. The molecular weight excluding hydrogens is 530 g/mol. The molecule has 1 aliphatic carbocycles. The largest absolute Gasteiger partial charge is 0.481 e. The summed E-state index contributed by atoms with van der Waals surface area (Å²) in [5.41, 5.74) is 2.69. The number of nitrogens with zero attached hydrogens (tertiary/aromatic N) is 3. The average Bonchev–Trinajstić information content (AvgIpc) is 3.60. The molecule has 0 saturated heterocycles. The maximum atomic E-state index is 13.7. The van der Waals surface area contributed by atoms with Crippen LogP contribution in [0.5, 0.6) is 0 Å². The smallest absolute Gasteiger partial charge is 0.303 e. The lowest BCUT2D eigenvalue weighted by molar-refractivity contribution is -0.137. The van der Waals surface area contributed by atoms with Crippen molar-refractivity contribution >= 4 is 29.5 Å². The van der Waals surface area contributed by atoms with Crippen molar-refractivity contribution in [3.05, 3.63) is 71.3 Å². The fraction of sp³-hybridized carbons (Fsp3) is 0.393. The number of carboxylic acids is 1. The maximum absolute atomic E-state index is 13.7. The molecule has 4 atom stereocenters. The van der Waals surface area contributed by atoms with Crippen molar-refractivity contribution in [3.63, 3.8) is 0 Å². The van der Waals surface area contributed by atoms with Crippen molar-refractivity contribution in [1.82, 2.24) is 35.9 Å². The van der Waals surface area contributed by atoms with E-state index in [2.05, 4.69) is 31.4 Å². The third-order valence-corrected chi connectivity index (χ3v) is 7.64. The molecule has 1 aromatic carbocycles. The lowest BCUT2D eigenvalue weighted by Gasteiger charge is -2.33. The minimum absolute atomic E-state index is 0.00398. The van der Waals surface area contributed by atoms with Crippen LogP contribution in [0, 0.1) is 5.92 Å². The van der Waals surface area contributed by atoms with Crippen LogP contribution >= 0.6 is 0 Å². The molecule has 5 rings (SSSR count). The molecule has 2 unspecified atom stereocenters. The summed E-state index contributed by atoms with van der Waals surface area (Å²) >= 11 is 0. The predicted octanol–water partition coefficient (Wildman–Crippen LogP) is 0.690. The van der Waals surface area contributed by atoms with Crippen molar-refractivity contribution in [3.8, 4) is 0 Å². The Labute approximate surface area is 235 Å². The Morgan fingerprint density at radius 3 is 2.68 bits per heavy atom. The number of aryl methyl sites for hydroxylation is 1. The van der Waals surface area contributed by atoms with Gasteiger partial charge in [0.2, 0.25) is 11.8 Å². The van der Waals surface area contributed by atoms with Gasteiger partial charge < -0.3 is 25.6 Å². The maximum Gasteiger partial charge on any atom is 0.303 e. The Morgan fingerprint density at radius 2 is 1.95 bits per heavy atom. The number of carbonyl (C=O) groups is 5. The number of hydrogen-bond acceptors (Lipinski definition) is 7. The third kappa shape index (κ3) is 6.34. The second-order valence-electron chi connectivity index (χ2n) is 10.4. The molecule has 0 spiro atoms. The fourth-order valence-corrected chi connectivity index (χ4v) is 5.61. The van der Waals surface area contributed by atoms with Crippen molar-refractivity contribution < 1.29 is 29.1 Å². The number of rotatable bonds is 10. The minimum atomic E-state index is -1.11. The molecule has 0 radical (unpaired) electrons. The number of carboxylic acid groups (broad SMARTS) is 1. The topological polar surface area (TPSA) is 188 Å². The van der Waals surface area contributed by atoms with Gasteiger partial charge in [-0.05, 0) is 43.0 Å². The van der Waals surface area contributed by atoms with Crippen molar-refractivity contribution in [1.29, 1.82) is 0 Å². The van der Waals surface area contributed by atoms with Crippen LogP contribution in [0.15, 0.2) is 48.8 Å². The SMILES string of the molecule is O=C(O)CCC(NC(=O)c1ccccc1)C(=O)N[C@H]1CCc2ccn3c2C1C(=O)C[C@H](C(=O)NCc1cn[nH]n1)C3. The number of carbonyl (C=O) groups excluding carboxylic acids is 4. The molecule has 5 N–H and O–H groups in total. The molecule has 3 aromatic rings. The second-order valence-corrected chi connectivity index (χ2v) is 10.4. The van der Waals surface area contributed by atoms with Gasteiger partial charge in [-0.2, -0.15) is 15.4 Å². The summed E-state index contributed by atoms with van der Waals surface area (Å²) in [6, 6.07) is 8.59. The molecule has 3 heterocycles. The van der Waals surface area contributed by atoms with Gasteiger partial charge in [-0.1, -0.05) is 18.2 Å². The Morgan fingerprint density at radius 1 is 1.15 bits per heavy atom. The molecule has 0 fully saturated rings. The number of Topliss-reactive ketones (excluding diaryl/α,β-unsaturated/α-hetero) is 1. The zero-order valence-corrected chi connectivity index (χ0v) is 22.2. The molecule has 214 valence electrons. The Balaban J connectivity index is 1.31. The third-order valence-electron chi connectivity index (χ3n) is 7.64. The number of aliphatic carboxylic acids is 1. The van der Waals surface area contributed by atoms with Gasteiger partial charge in [0.25, 0.3) is 5.91 Å². The molecule has 2 aromatic heterocycles. The summed E-state index contributed by atoms with van der Waals surface area (Å²) in [5.74, 6) is -3.87. The van der Waals surface area contributed by atoms with Gasteiger partial charge in [-0.3, -0.25) is 24.0 Å². The van der Waals surface area contributed by atoms with E-state index in [9.17, 15) is 29.1 Å². The van der Waals surface area contributed by atoms with E-state index in [4.69, 9.17) is 0 Å². The van der Waals surface area contributed by atoms with Crippen LogP contribution in [0.1, 0.15) is 58.9 Å². The van der Waals surface area contributed by atoms with Crippen LogP contribution in [-0.2, 0) is 38.7 Å². The molecule has 13 heteroatoms. The number of aromatic nitrogens is 4. The minimum Gasteiger partial charge on any atom is -0.481 e. The van der Waals surface area contributed by atoms with Gasteiger partial charge in [0.15, 0.2) is 0 Å². The van der Waals surface area contributed by atoms with Gasteiger partial charge >= 0.3 is 5.97 Å². The van der Waals surface area contributed by atoms with E-state index in [1.807, 2.05) is 16.8 Å². The number of hydrogen-bond donors (Lipinski definition) is 5. The first-order valence-electron chi connectivity index (χ1n) is 13.5. The lowest BCUT2D eigenvalue weighted by Crippen LogP contribution is -2.53. The first kappa shape index (κ1) is 27.7. The number of nitrogens with one attached hydrogen (secondary N) is 4. The molecule has 13 nitrogen and oxygen atoms in total. The number of H-pyrrole nitrogens is 1. The molecule has 1 aliphatic heterocycles. The number of benzene rings is 1. The van der Waals surface area contributed by atoms with E-state index in [-0.39, 0.29) is 37.5 Å². The zero-order valence-electron chi connectivity index (χ0n) is 22.2. The molecule has 2 aliphatic rings. The quantitative estimate of drug-likeness (QED) is 0.239. The number of amides is 3. The predicted molar refractivity (Wildman–Crippen MR) is 143 cm³/mol. The second kappa shape index (κ2) is 12.1. The summed E-state index contributed by atoms with van der Waals surface area (Å²) in [7, 11) is 0. The summed E-state index contributed by atoms with van der Waals surface area (Å²) in [5, 5.41) is 27.8. The first-order chi connectivity index (χ1) is 19.8. The normalized spacial score (nSPS) is 20.3. The van der Waals surface area contributed by atoms with E-state index in [0.717, 1.165) is 11.3 Å². The highest BCUT2D eigenvalue weighted by molar-refractivity contribution is 5.98. The van der Waals surface area contributed by atoms with Gasteiger partial charge in [0.1, 0.15) is 17.5 Å². The van der Waals surface area contributed by atoms with Crippen LogP contribution in [0.25, 0.3) is 0 Å². The lowest BCUT2D eigenvalue weighted by atomic mass is 9.79. The Bertz CT molecular complexity index is 1440. The highest BCUT2D eigenvalue weighted by atomic mass is 16.4. The molecule has 3 amide bonds. The summed E-state index contributed by atoms with van der Waals surface area (Å²) in [4.78, 5) is 64.2. The first-order valence-corrected chi connectivity index (χ1v) is 13.5. The zero-order chi connectivity index (χ0) is 28.9. The van der Waals surface area contributed by atoms with Crippen LogP contribution in [-0.4, -0.2) is 66.6 Å². The van der Waals surface area contributed by atoms with E-state index < -0.39 is 41.7 Å². The highest BCUT2D eigenvalue weighted by Gasteiger charge is 2.42. The monoisotopic (exact) mass is 561 g/mol. The molecule has 41 heavy (non-hydrogen) atoms. The molecule has 0 bridgehead atoms. The van der Waals surface area contributed by atoms with Crippen LogP contribution in [0.3, 0.4) is 0 Å². The van der Waals surface area contributed by atoms with E-state index in [0.29, 0.717) is 30.6 Å². The molecule has 0 saturated carbocycles.